The van der Waals surface area contributed by atoms with Crippen molar-refractivity contribution in [2.24, 2.45) is 5.92 Å². The molecule has 0 atom stereocenters. The lowest BCUT2D eigenvalue weighted by molar-refractivity contribution is -0.122. The van der Waals surface area contributed by atoms with Crippen molar-refractivity contribution in [1.82, 2.24) is 15.2 Å². The highest BCUT2D eigenvalue weighted by Gasteiger charge is 2.25. The monoisotopic (exact) mass is 375 g/mol. The minimum Gasteiger partial charge on any atom is -0.352 e. The van der Waals surface area contributed by atoms with Crippen molar-refractivity contribution in [3.05, 3.63) is 71.9 Å². The van der Waals surface area contributed by atoms with Gasteiger partial charge in [0.15, 0.2) is 0 Å². The molecule has 0 unspecified atom stereocenters. The van der Waals surface area contributed by atoms with E-state index in [1.165, 1.54) is 0 Å². The highest BCUT2D eigenvalue weighted by atomic mass is 16.2. The van der Waals surface area contributed by atoms with Crippen LogP contribution in [0.4, 0.5) is 0 Å². The average molecular weight is 375 g/mol. The minimum atomic E-state index is 0.0446. The summed E-state index contributed by atoms with van der Waals surface area (Å²) in [7, 11) is 0. The molecule has 0 radical (unpaired) electrons. The van der Waals surface area contributed by atoms with Crippen LogP contribution in [0.3, 0.4) is 0 Å². The second-order valence-corrected chi connectivity index (χ2v) is 7.47. The summed E-state index contributed by atoms with van der Waals surface area (Å²) >= 11 is 0. The molecule has 1 aliphatic heterocycles. The quantitative estimate of drug-likeness (QED) is 0.714. The Morgan fingerprint density at radius 2 is 1.71 bits per heavy atom. The van der Waals surface area contributed by atoms with Gasteiger partial charge in [-0.1, -0.05) is 48.5 Å². The summed E-state index contributed by atoms with van der Waals surface area (Å²) < 4.78 is 0. The molecule has 4 rings (SSSR count). The Balaban J connectivity index is 1.26. The molecule has 5 nitrogen and oxygen atoms in total. The standard InChI is InChI=1S/C23H25N3O2/c27-22(24-16-18-6-2-1-3-7-18)14-17-10-12-26(13-11-17)23(28)21-15-19-8-4-5-9-20(19)25-21/h1-9,15,17,25H,10-14,16H2,(H,24,27). The minimum absolute atomic E-state index is 0.0446. The number of hydrogen-bond donors (Lipinski definition) is 2. The van der Waals surface area contributed by atoms with Crippen molar-refractivity contribution in [3.8, 4) is 0 Å². The largest absolute Gasteiger partial charge is 0.352 e. The summed E-state index contributed by atoms with van der Waals surface area (Å²) in [6.45, 7) is 1.97. The zero-order chi connectivity index (χ0) is 19.3. The number of piperidine rings is 1. The van der Waals surface area contributed by atoms with E-state index in [0.717, 1.165) is 29.3 Å². The van der Waals surface area contributed by atoms with E-state index in [4.69, 9.17) is 0 Å². The van der Waals surface area contributed by atoms with Gasteiger partial charge in [0.1, 0.15) is 5.69 Å². The molecule has 2 aromatic carbocycles. The highest BCUT2D eigenvalue weighted by Crippen LogP contribution is 2.23. The number of rotatable bonds is 5. The fourth-order valence-electron chi connectivity index (χ4n) is 3.83. The molecule has 0 bridgehead atoms. The first-order valence-corrected chi connectivity index (χ1v) is 9.87. The van der Waals surface area contributed by atoms with Gasteiger partial charge in [-0.05, 0) is 36.5 Å². The van der Waals surface area contributed by atoms with Crippen LogP contribution in [0, 0.1) is 5.92 Å². The summed E-state index contributed by atoms with van der Waals surface area (Å²) in [5.74, 6) is 0.468. The summed E-state index contributed by atoms with van der Waals surface area (Å²) in [5, 5.41) is 4.05. The first kappa shape index (κ1) is 18.3. The molecule has 1 fully saturated rings. The van der Waals surface area contributed by atoms with Crippen molar-refractivity contribution in [3.63, 3.8) is 0 Å². The lowest BCUT2D eigenvalue weighted by atomic mass is 9.93. The van der Waals surface area contributed by atoms with Crippen LogP contribution in [0.2, 0.25) is 0 Å². The summed E-state index contributed by atoms with van der Waals surface area (Å²) in [5.41, 5.74) is 2.73. The van der Waals surface area contributed by atoms with E-state index >= 15 is 0 Å². The molecular formula is C23H25N3O2. The Kier molecular flexibility index (Phi) is 5.42. The topological polar surface area (TPSA) is 65.2 Å². The van der Waals surface area contributed by atoms with Gasteiger partial charge in [-0.2, -0.15) is 0 Å². The molecule has 1 saturated heterocycles. The Labute approximate surface area is 164 Å². The maximum absolute atomic E-state index is 12.8. The Morgan fingerprint density at radius 3 is 2.46 bits per heavy atom. The summed E-state index contributed by atoms with van der Waals surface area (Å²) in [6.07, 6.45) is 2.26. The number of carbonyl (C=O) groups is 2. The summed E-state index contributed by atoms with van der Waals surface area (Å²) in [6, 6.07) is 19.8. The normalized spacial score (nSPS) is 14.9. The first-order chi connectivity index (χ1) is 13.7. The average Bonchev–Trinajstić information content (AvgIpc) is 3.17. The molecule has 0 spiro atoms. The van der Waals surface area contributed by atoms with E-state index in [2.05, 4.69) is 10.3 Å². The summed E-state index contributed by atoms with van der Waals surface area (Å²) in [4.78, 5) is 30.1. The third kappa shape index (κ3) is 4.25. The van der Waals surface area contributed by atoms with E-state index in [1.54, 1.807) is 0 Å². The number of benzene rings is 2. The molecule has 1 aromatic heterocycles. The van der Waals surface area contributed by atoms with Crippen LogP contribution in [0.1, 0.15) is 35.3 Å². The number of carbonyl (C=O) groups excluding carboxylic acids is 2. The van der Waals surface area contributed by atoms with Gasteiger partial charge < -0.3 is 15.2 Å². The second kappa shape index (κ2) is 8.30. The predicted octanol–water partition coefficient (Wildman–Crippen LogP) is 3.73. The Hall–Kier alpha value is -3.08. The zero-order valence-corrected chi connectivity index (χ0v) is 15.9. The van der Waals surface area contributed by atoms with E-state index in [0.29, 0.717) is 37.7 Å². The van der Waals surface area contributed by atoms with Gasteiger partial charge >= 0.3 is 0 Å². The van der Waals surface area contributed by atoms with Gasteiger partial charge in [-0.25, -0.2) is 0 Å². The number of likely N-dealkylation sites (tertiary alicyclic amines) is 1. The molecule has 5 heteroatoms. The molecule has 144 valence electrons. The van der Waals surface area contributed by atoms with E-state index < -0.39 is 0 Å². The number of nitrogens with one attached hydrogen (secondary N) is 2. The van der Waals surface area contributed by atoms with Crippen LogP contribution in [-0.4, -0.2) is 34.8 Å². The lowest BCUT2D eigenvalue weighted by Crippen LogP contribution is -2.39. The fourth-order valence-corrected chi connectivity index (χ4v) is 3.83. The third-order valence-electron chi connectivity index (χ3n) is 5.47. The maximum Gasteiger partial charge on any atom is 0.270 e. The Bertz CT molecular complexity index is 923. The highest BCUT2D eigenvalue weighted by molar-refractivity contribution is 5.98. The number of hydrogen-bond acceptors (Lipinski definition) is 2. The zero-order valence-electron chi connectivity index (χ0n) is 15.9. The van der Waals surface area contributed by atoms with Crippen molar-refractivity contribution < 1.29 is 9.59 Å². The smallest absolute Gasteiger partial charge is 0.270 e. The van der Waals surface area contributed by atoms with E-state index in [9.17, 15) is 9.59 Å². The van der Waals surface area contributed by atoms with Crippen molar-refractivity contribution in [2.75, 3.05) is 13.1 Å². The van der Waals surface area contributed by atoms with Crippen LogP contribution in [-0.2, 0) is 11.3 Å². The number of nitrogens with zero attached hydrogens (tertiary/aromatic N) is 1. The van der Waals surface area contributed by atoms with Gasteiger partial charge in [-0.15, -0.1) is 0 Å². The van der Waals surface area contributed by atoms with Crippen molar-refractivity contribution >= 4 is 22.7 Å². The van der Waals surface area contributed by atoms with Crippen LogP contribution in [0.5, 0.6) is 0 Å². The van der Waals surface area contributed by atoms with Gasteiger partial charge in [0.2, 0.25) is 5.91 Å². The molecule has 28 heavy (non-hydrogen) atoms. The van der Waals surface area contributed by atoms with E-state index in [-0.39, 0.29) is 11.8 Å². The molecule has 1 aliphatic rings. The van der Waals surface area contributed by atoms with Gasteiger partial charge in [0, 0.05) is 37.0 Å². The number of para-hydroxylation sites is 1. The molecular weight excluding hydrogens is 350 g/mol. The van der Waals surface area contributed by atoms with Crippen LogP contribution in [0.15, 0.2) is 60.7 Å². The molecule has 3 aromatic rings. The van der Waals surface area contributed by atoms with Gasteiger partial charge in [0.05, 0.1) is 0 Å². The SMILES string of the molecule is O=C(CC1CCN(C(=O)c2cc3ccccc3[nH]2)CC1)NCc1ccccc1. The Morgan fingerprint density at radius 1 is 1.00 bits per heavy atom. The van der Waals surface area contributed by atoms with Gasteiger partial charge in [-0.3, -0.25) is 9.59 Å². The van der Waals surface area contributed by atoms with Gasteiger partial charge in [0.25, 0.3) is 5.91 Å². The van der Waals surface area contributed by atoms with Crippen LogP contribution < -0.4 is 5.32 Å². The second-order valence-electron chi connectivity index (χ2n) is 7.47. The van der Waals surface area contributed by atoms with Crippen molar-refractivity contribution in [1.29, 1.82) is 0 Å². The van der Waals surface area contributed by atoms with Crippen LogP contribution in [0.25, 0.3) is 10.9 Å². The number of amides is 2. The van der Waals surface area contributed by atoms with Crippen LogP contribution >= 0.6 is 0 Å². The molecule has 2 N–H and O–H groups in total. The van der Waals surface area contributed by atoms with E-state index in [1.807, 2.05) is 65.6 Å². The number of fused-ring (bicyclic) bond motifs is 1. The number of aromatic amines is 1. The molecule has 0 saturated carbocycles. The molecule has 0 aliphatic carbocycles. The molecule has 2 amide bonds. The third-order valence-corrected chi connectivity index (χ3v) is 5.47. The lowest BCUT2D eigenvalue weighted by Gasteiger charge is -2.31. The van der Waals surface area contributed by atoms with Crippen molar-refractivity contribution in [2.45, 2.75) is 25.8 Å². The number of H-pyrrole nitrogens is 1. The predicted molar refractivity (Wildman–Crippen MR) is 110 cm³/mol. The number of aromatic nitrogens is 1. The molecule has 2 heterocycles. The first-order valence-electron chi connectivity index (χ1n) is 9.87. The fraction of sp³-hybridized carbons (Fsp3) is 0.304. The maximum atomic E-state index is 12.8.